The summed E-state index contributed by atoms with van der Waals surface area (Å²) in [5.41, 5.74) is 16.4. The van der Waals surface area contributed by atoms with Gasteiger partial charge in [0.25, 0.3) is 0 Å². The second kappa shape index (κ2) is 16.6. The molecule has 13 nitrogen and oxygen atoms in total. The first-order valence-corrected chi connectivity index (χ1v) is 12.1. The molecule has 1 aromatic rings. The topological polar surface area (TPSA) is 215 Å². The van der Waals surface area contributed by atoms with Gasteiger partial charge in [-0.15, -0.1) is 0 Å². The van der Waals surface area contributed by atoms with Gasteiger partial charge in [-0.05, 0) is 30.9 Å². The van der Waals surface area contributed by atoms with Gasteiger partial charge in [0.05, 0.1) is 25.7 Å². The number of hydrogen-bond acceptors (Lipinski definition) is 7. The van der Waals surface area contributed by atoms with E-state index in [2.05, 4.69) is 20.9 Å². The van der Waals surface area contributed by atoms with Gasteiger partial charge in [0.1, 0.15) is 12.3 Å². The fourth-order valence-electron chi connectivity index (χ4n) is 3.39. The Kier molecular flexibility index (Phi) is 13.9. The minimum absolute atomic E-state index is 0.0972. The Morgan fingerprint density at radius 2 is 1.65 bits per heavy atom. The summed E-state index contributed by atoms with van der Waals surface area (Å²) < 4.78 is 0. The summed E-state index contributed by atoms with van der Waals surface area (Å²) in [6.07, 6.45) is 1.92. The van der Waals surface area contributed by atoms with Gasteiger partial charge in [-0.3, -0.25) is 24.2 Å². The third-order valence-electron chi connectivity index (χ3n) is 5.59. The van der Waals surface area contributed by atoms with Crippen LogP contribution in [0.2, 0.25) is 0 Å². The van der Waals surface area contributed by atoms with Crippen molar-refractivity contribution in [1.82, 2.24) is 16.0 Å². The van der Waals surface area contributed by atoms with E-state index in [0.717, 1.165) is 6.29 Å². The molecule has 1 rings (SSSR count). The van der Waals surface area contributed by atoms with Crippen molar-refractivity contribution >= 4 is 41.6 Å². The molecule has 3 atom stereocenters. The van der Waals surface area contributed by atoms with Gasteiger partial charge in [0, 0.05) is 12.2 Å². The average Bonchev–Trinajstić information content (AvgIpc) is 2.90. The SMILES string of the molecule is CC[C@H](C)[C@@H](C=O)N(C(=O)[C@H](CCCN=C(N)N)NC(=O)CNC(=O)CNC(=O)CN)c1ccccc1. The zero-order chi connectivity index (χ0) is 27.8. The second-order valence-corrected chi connectivity index (χ2v) is 8.38. The molecule has 0 aromatic heterocycles. The first kappa shape index (κ1) is 31.0. The van der Waals surface area contributed by atoms with E-state index in [1.54, 1.807) is 30.3 Å². The van der Waals surface area contributed by atoms with E-state index in [4.69, 9.17) is 17.2 Å². The monoisotopic (exact) mass is 518 g/mol. The highest BCUT2D eigenvalue weighted by atomic mass is 16.2. The van der Waals surface area contributed by atoms with E-state index < -0.39 is 42.3 Å². The summed E-state index contributed by atoms with van der Waals surface area (Å²) in [5, 5.41) is 7.30. The van der Waals surface area contributed by atoms with Gasteiger partial charge in [-0.1, -0.05) is 38.5 Å². The molecule has 37 heavy (non-hydrogen) atoms. The molecule has 0 aliphatic rings. The molecule has 0 bridgehead atoms. The van der Waals surface area contributed by atoms with E-state index in [0.29, 0.717) is 18.5 Å². The van der Waals surface area contributed by atoms with Crippen molar-refractivity contribution in [3.8, 4) is 0 Å². The largest absolute Gasteiger partial charge is 0.370 e. The van der Waals surface area contributed by atoms with Crippen LogP contribution in [0.4, 0.5) is 5.69 Å². The van der Waals surface area contributed by atoms with Crippen molar-refractivity contribution in [2.45, 2.75) is 45.2 Å². The minimum Gasteiger partial charge on any atom is -0.370 e. The number of amides is 4. The van der Waals surface area contributed by atoms with Crippen LogP contribution in [-0.4, -0.2) is 74.1 Å². The summed E-state index contributed by atoms with van der Waals surface area (Å²) in [6, 6.07) is 6.93. The lowest BCUT2D eigenvalue weighted by Crippen LogP contribution is -2.55. The maximum absolute atomic E-state index is 13.8. The number of nitrogens with two attached hydrogens (primary N) is 3. The standard InChI is InChI=1S/C24H38N8O5/c1-3-16(2)19(15-33)32(17-8-5-4-6-9-17)23(37)18(10-7-11-28-24(26)27)31-22(36)14-30-21(35)13-29-20(34)12-25/h4-6,8-9,15-16,18-19H,3,7,10-14,25H2,1-2H3,(H,29,34)(H,30,35)(H,31,36)(H4,26,27,28)/t16-,18-,19+/m0/s1. The Morgan fingerprint density at radius 3 is 2.22 bits per heavy atom. The number of anilines is 1. The molecule has 13 heteroatoms. The Labute approximate surface area is 216 Å². The molecule has 0 aliphatic carbocycles. The minimum atomic E-state index is -1.03. The number of para-hydroxylation sites is 1. The maximum atomic E-state index is 13.8. The molecule has 0 saturated carbocycles. The lowest BCUT2D eigenvalue weighted by Gasteiger charge is -2.34. The van der Waals surface area contributed by atoms with Gasteiger partial charge in [0.2, 0.25) is 23.6 Å². The molecule has 9 N–H and O–H groups in total. The normalized spacial score (nSPS) is 12.8. The molecular weight excluding hydrogens is 480 g/mol. The number of carbonyl (C=O) groups is 5. The lowest BCUT2D eigenvalue weighted by atomic mass is 9.96. The lowest BCUT2D eigenvalue weighted by molar-refractivity contribution is -0.130. The Balaban J connectivity index is 3.09. The average molecular weight is 519 g/mol. The fraction of sp³-hybridized carbons (Fsp3) is 0.500. The van der Waals surface area contributed by atoms with Crippen LogP contribution in [0.15, 0.2) is 35.3 Å². The molecule has 0 radical (unpaired) electrons. The first-order valence-electron chi connectivity index (χ1n) is 12.1. The van der Waals surface area contributed by atoms with Crippen LogP contribution in [0.25, 0.3) is 0 Å². The molecule has 1 aromatic carbocycles. The van der Waals surface area contributed by atoms with Crippen LogP contribution in [0, 0.1) is 5.92 Å². The molecule has 0 unspecified atom stereocenters. The van der Waals surface area contributed by atoms with Gasteiger partial charge < -0.3 is 42.8 Å². The number of rotatable bonds is 16. The van der Waals surface area contributed by atoms with Crippen molar-refractivity contribution in [2.24, 2.45) is 28.1 Å². The third kappa shape index (κ3) is 11.1. The van der Waals surface area contributed by atoms with Gasteiger partial charge in [-0.2, -0.15) is 0 Å². The fourth-order valence-corrected chi connectivity index (χ4v) is 3.39. The zero-order valence-electron chi connectivity index (χ0n) is 21.3. The van der Waals surface area contributed by atoms with Crippen LogP contribution in [0.1, 0.15) is 33.1 Å². The molecule has 0 spiro atoms. The summed E-state index contributed by atoms with van der Waals surface area (Å²) >= 11 is 0. The number of aldehydes is 1. The Hall–Kier alpha value is -4.00. The van der Waals surface area contributed by atoms with Gasteiger partial charge in [-0.25, -0.2) is 0 Å². The van der Waals surface area contributed by atoms with Crippen LogP contribution < -0.4 is 38.1 Å². The number of carbonyl (C=O) groups excluding carboxylic acids is 5. The zero-order valence-corrected chi connectivity index (χ0v) is 21.3. The van der Waals surface area contributed by atoms with Crippen LogP contribution in [0.5, 0.6) is 0 Å². The summed E-state index contributed by atoms with van der Waals surface area (Å²) in [6.45, 7) is 2.97. The van der Waals surface area contributed by atoms with E-state index in [9.17, 15) is 24.0 Å². The summed E-state index contributed by atoms with van der Waals surface area (Å²) in [4.78, 5) is 66.9. The van der Waals surface area contributed by atoms with Crippen molar-refractivity contribution in [3.05, 3.63) is 30.3 Å². The van der Waals surface area contributed by atoms with Gasteiger partial charge in [0.15, 0.2) is 5.96 Å². The second-order valence-electron chi connectivity index (χ2n) is 8.38. The number of nitrogens with one attached hydrogen (secondary N) is 3. The summed E-state index contributed by atoms with van der Waals surface area (Å²) in [5.74, 6) is -2.47. The van der Waals surface area contributed by atoms with Crippen LogP contribution in [-0.2, 0) is 24.0 Å². The third-order valence-corrected chi connectivity index (χ3v) is 5.59. The predicted molar refractivity (Wildman–Crippen MR) is 140 cm³/mol. The van der Waals surface area contributed by atoms with Crippen LogP contribution in [0.3, 0.4) is 0 Å². The number of nitrogens with zero attached hydrogens (tertiary/aromatic N) is 2. The van der Waals surface area contributed by atoms with Crippen molar-refractivity contribution in [2.75, 3.05) is 31.1 Å². The number of hydrogen-bond donors (Lipinski definition) is 6. The van der Waals surface area contributed by atoms with Crippen molar-refractivity contribution < 1.29 is 24.0 Å². The molecule has 4 amide bonds. The molecule has 0 heterocycles. The first-order chi connectivity index (χ1) is 17.6. The summed E-state index contributed by atoms with van der Waals surface area (Å²) in [7, 11) is 0. The van der Waals surface area contributed by atoms with Crippen molar-refractivity contribution in [1.29, 1.82) is 0 Å². The smallest absolute Gasteiger partial charge is 0.250 e. The maximum Gasteiger partial charge on any atom is 0.250 e. The molecule has 0 fully saturated rings. The highest BCUT2D eigenvalue weighted by Crippen LogP contribution is 2.23. The van der Waals surface area contributed by atoms with Crippen LogP contribution >= 0.6 is 0 Å². The van der Waals surface area contributed by atoms with E-state index in [1.807, 2.05) is 13.8 Å². The predicted octanol–water partition coefficient (Wildman–Crippen LogP) is -1.64. The Morgan fingerprint density at radius 1 is 1.03 bits per heavy atom. The van der Waals surface area contributed by atoms with E-state index >= 15 is 0 Å². The van der Waals surface area contributed by atoms with E-state index in [1.165, 1.54) is 4.90 Å². The molecular formula is C24H38N8O5. The number of benzene rings is 1. The van der Waals surface area contributed by atoms with Crippen molar-refractivity contribution in [3.63, 3.8) is 0 Å². The highest BCUT2D eigenvalue weighted by Gasteiger charge is 2.34. The molecule has 0 saturated heterocycles. The number of guanidine groups is 1. The molecule has 0 aliphatic heterocycles. The highest BCUT2D eigenvalue weighted by molar-refractivity contribution is 6.02. The quantitative estimate of drug-likeness (QED) is 0.0644. The van der Waals surface area contributed by atoms with E-state index in [-0.39, 0.29) is 37.9 Å². The molecule has 204 valence electrons. The van der Waals surface area contributed by atoms with Gasteiger partial charge >= 0.3 is 0 Å². The number of aliphatic imine (C=N–C) groups is 1. The Bertz CT molecular complexity index is 936.